The summed E-state index contributed by atoms with van der Waals surface area (Å²) in [5.41, 5.74) is 0.745. The first-order valence-electron chi connectivity index (χ1n) is 5.44. The highest BCUT2D eigenvalue weighted by molar-refractivity contribution is 5.81. The van der Waals surface area contributed by atoms with Crippen LogP contribution < -0.4 is 4.74 Å². The molecule has 16 heavy (non-hydrogen) atoms. The van der Waals surface area contributed by atoms with Gasteiger partial charge >= 0.3 is 0 Å². The van der Waals surface area contributed by atoms with Gasteiger partial charge in [-0.2, -0.15) is 0 Å². The van der Waals surface area contributed by atoms with Gasteiger partial charge in [-0.3, -0.25) is 4.79 Å². The second kappa shape index (κ2) is 5.66. The Morgan fingerprint density at radius 3 is 2.38 bits per heavy atom. The summed E-state index contributed by atoms with van der Waals surface area (Å²) >= 11 is 0. The molecule has 1 aromatic carbocycles. The predicted octanol–water partition coefficient (Wildman–Crippen LogP) is 2.34. The van der Waals surface area contributed by atoms with Gasteiger partial charge in [-0.1, -0.05) is 26.0 Å². The number of ketones is 1. The van der Waals surface area contributed by atoms with Crippen molar-refractivity contribution in [2.45, 2.75) is 26.4 Å². The average molecular weight is 222 g/mol. The molecule has 0 bridgehead atoms. The summed E-state index contributed by atoms with van der Waals surface area (Å²) in [6.07, 6.45) is -0.285. The Kier molecular flexibility index (Phi) is 4.50. The maximum Gasteiger partial charge on any atom is 0.138 e. The van der Waals surface area contributed by atoms with Crippen LogP contribution in [-0.2, 0) is 4.79 Å². The van der Waals surface area contributed by atoms with E-state index in [9.17, 15) is 9.90 Å². The highest BCUT2D eigenvalue weighted by Crippen LogP contribution is 2.25. The van der Waals surface area contributed by atoms with Gasteiger partial charge in [-0.05, 0) is 17.7 Å². The Hall–Kier alpha value is -1.35. The van der Waals surface area contributed by atoms with Crippen molar-refractivity contribution in [3.8, 4) is 5.75 Å². The molecule has 0 saturated carbocycles. The Labute approximate surface area is 96.1 Å². The molecule has 0 fully saturated rings. The summed E-state index contributed by atoms with van der Waals surface area (Å²) < 4.78 is 5.03. The number of Topliss-reactive ketones (excluding diaryl/α,β-unsaturated/α-hetero) is 1. The van der Waals surface area contributed by atoms with Gasteiger partial charge < -0.3 is 9.84 Å². The summed E-state index contributed by atoms with van der Waals surface area (Å²) in [6.45, 7) is 3.56. The van der Waals surface area contributed by atoms with Gasteiger partial charge in [0, 0.05) is 12.3 Å². The third-order valence-corrected chi connectivity index (χ3v) is 2.79. The monoisotopic (exact) mass is 222 g/mol. The number of benzene rings is 1. The molecule has 2 atom stereocenters. The van der Waals surface area contributed by atoms with E-state index >= 15 is 0 Å². The van der Waals surface area contributed by atoms with Gasteiger partial charge in [-0.25, -0.2) is 0 Å². The molecule has 0 radical (unpaired) electrons. The maximum absolute atomic E-state index is 11.5. The van der Waals surface area contributed by atoms with Gasteiger partial charge in [0.15, 0.2) is 0 Å². The number of ether oxygens (including phenoxy) is 1. The van der Waals surface area contributed by atoms with Gasteiger partial charge in [-0.15, -0.1) is 0 Å². The third-order valence-electron chi connectivity index (χ3n) is 2.79. The third kappa shape index (κ3) is 2.83. The fraction of sp³-hybridized carbons (Fsp3) is 0.462. The SMILES string of the molecule is CCC(=O)[C@H](C)[C@@H](O)c1ccc(OC)cc1. The Morgan fingerprint density at radius 1 is 1.38 bits per heavy atom. The Balaban J connectivity index is 2.79. The lowest BCUT2D eigenvalue weighted by Gasteiger charge is -2.17. The molecule has 1 N–H and O–H groups in total. The first kappa shape index (κ1) is 12.7. The van der Waals surface area contributed by atoms with Crippen LogP contribution in [0.25, 0.3) is 0 Å². The van der Waals surface area contributed by atoms with Crippen LogP contribution in [0.15, 0.2) is 24.3 Å². The lowest BCUT2D eigenvalue weighted by Crippen LogP contribution is -2.18. The fourth-order valence-corrected chi connectivity index (χ4v) is 1.59. The van der Waals surface area contributed by atoms with Crippen molar-refractivity contribution >= 4 is 5.78 Å². The molecular weight excluding hydrogens is 204 g/mol. The molecule has 1 rings (SSSR count). The minimum Gasteiger partial charge on any atom is -0.497 e. The fourth-order valence-electron chi connectivity index (χ4n) is 1.59. The van der Waals surface area contributed by atoms with Crippen LogP contribution in [0.2, 0.25) is 0 Å². The lowest BCUT2D eigenvalue weighted by atomic mass is 9.92. The molecule has 0 spiro atoms. The molecule has 0 aliphatic carbocycles. The van der Waals surface area contributed by atoms with Crippen LogP contribution in [0.1, 0.15) is 31.9 Å². The van der Waals surface area contributed by atoms with Crippen molar-refractivity contribution in [1.82, 2.24) is 0 Å². The molecule has 3 nitrogen and oxygen atoms in total. The van der Waals surface area contributed by atoms with E-state index in [1.54, 1.807) is 45.2 Å². The molecule has 0 aromatic heterocycles. The van der Waals surface area contributed by atoms with E-state index in [4.69, 9.17) is 4.74 Å². The van der Waals surface area contributed by atoms with Crippen molar-refractivity contribution in [2.75, 3.05) is 7.11 Å². The van der Waals surface area contributed by atoms with Gasteiger partial charge in [0.25, 0.3) is 0 Å². The van der Waals surface area contributed by atoms with Crippen LogP contribution in [0.3, 0.4) is 0 Å². The standard InChI is InChI=1S/C13H18O3/c1-4-12(14)9(2)13(15)10-5-7-11(16-3)8-6-10/h5-9,13,15H,4H2,1-3H3/t9-,13+/m0/s1. The van der Waals surface area contributed by atoms with E-state index in [0.717, 1.165) is 11.3 Å². The van der Waals surface area contributed by atoms with E-state index in [1.165, 1.54) is 0 Å². The molecule has 0 saturated heterocycles. The van der Waals surface area contributed by atoms with Crippen LogP contribution in [-0.4, -0.2) is 18.0 Å². The lowest BCUT2D eigenvalue weighted by molar-refractivity contribution is -0.125. The zero-order valence-corrected chi connectivity index (χ0v) is 9.93. The number of carbonyl (C=O) groups excluding carboxylic acids is 1. The van der Waals surface area contributed by atoms with Crippen LogP contribution in [0.5, 0.6) is 5.75 Å². The number of aliphatic hydroxyl groups excluding tert-OH is 1. The topological polar surface area (TPSA) is 46.5 Å². The molecule has 0 aliphatic heterocycles. The number of rotatable bonds is 5. The second-order valence-corrected chi connectivity index (χ2v) is 3.83. The van der Waals surface area contributed by atoms with E-state index in [2.05, 4.69) is 0 Å². The highest BCUT2D eigenvalue weighted by Gasteiger charge is 2.21. The first-order chi connectivity index (χ1) is 7.60. The number of aliphatic hydroxyl groups is 1. The number of methoxy groups -OCH3 is 1. The Morgan fingerprint density at radius 2 is 1.94 bits per heavy atom. The zero-order chi connectivity index (χ0) is 12.1. The zero-order valence-electron chi connectivity index (χ0n) is 9.93. The molecule has 3 heteroatoms. The van der Waals surface area contributed by atoms with Gasteiger partial charge in [0.2, 0.25) is 0 Å². The molecule has 0 unspecified atom stereocenters. The number of hydrogen-bond donors (Lipinski definition) is 1. The number of carbonyl (C=O) groups is 1. The first-order valence-corrected chi connectivity index (χ1v) is 5.44. The molecular formula is C13H18O3. The summed E-state index contributed by atoms with van der Waals surface area (Å²) in [4.78, 5) is 11.5. The van der Waals surface area contributed by atoms with Gasteiger partial charge in [0.05, 0.1) is 13.2 Å². The van der Waals surface area contributed by atoms with E-state index < -0.39 is 6.10 Å². The highest BCUT2D eigenvalue weighted by atomic mass is 16.5. The normalized spacial score (nSPS) is 14.2. The smallest absolute Gasteiger partial charge is 0.138 e. The minimum atomic E-state index is -0.738. The average Bonchev–Trinajstić information content (AvgIpc) is 2.36. The molecule has 88 valence electrons. The van der Waals surface area contributed by atoms with E-state index in [1.807, 2.05) is 0 Å². The van der Waals surface area contributed by atoms with Crippen LogP contribution >= 0.6 is 0 Å². The molecule has 0 amide bonds. The van der Waals surface area contributed by atoms with E-state index in [0.29, 0.717) is 6.42 Å². The molecule has 0 aliphatic rings. The quantitative estimate of drug-likeness (QED) is 0.831. The van der Waals surface area contributed by atoms with Crippen molar-refractivity contribution < 1.29 is 14.6 Å². The van der Waals surface area contributed by atoms with Gasteiger partial charge in [0.1, 0.15) is 11.5 Å². The summed E-state index contributed by atoms with van der Waals surface area (Å²) in [6, 6.07) is 7.12. The van der Waals surface area contributed by atoms with Crippen molar-refractivity contribution in [3.63, 3.8) is 0 Å². The van der Waals surface area contributed by atoms with Crippen LogP contribution in [0, 0.1) is 5.92 Å². The van der Waals surface area contributed by atoms with Crippen molar-refractivity contribution in [2.24, 2.45) is 5.92 Å². The molecule has 1 aromatic rings. The largest absolute Gasteiger partial charge is 0.497 e. The maximum atomic E-state index is 11.5. The Bertz CT molecular complexity index is 343. The molecule has 0 heterocycles. The summed E-state index contributed by atoms with van der Waals surface area (Å²) in [7, 11) is 1.59. The summed E-state index contributed by atoms with van der Waals surface area (Å²) in [5, 5.41) is 9.99. The van der Waals surface area contributed by atoms with Crippen LogP contribution in [0.4, 0.5) is 0 Å². The predicted molar refractivity (Wildman–Crippen MR) is 62.4 cm³/mol. The number of hydrogen-bond acceptors (Lipinski definition) is 3. The second-order valence-electron chi connectivity index (χ2n) is 3.83. The minimum absolute atomic E-state index is 0.0725. The van der Waals surface area contributed by atoms with Crippen molar-refractivity contribution in [3.05, 3.63) is 29.8 Å². The summed E-state index contributed by atoms with van der Waals surface area (Å²) in [5.74, 6) is 0.451. The van der Waals surface area contributed by atoms with Crippen molar-refractivity contribution in [1.29, 1.82) is 0 Å². The van der Waals surface area contributed by atoms with E-state index in [-0.39, 0.29) is 11.7 Å².